The van der Waals surface area contributed by atoms with Crippen LogP contribution >= 0.6 is 0 Å². The Bertz CT molecular complexity index is 987. The molecule has 0 unspecified atom stereocenters. The molecule has 0 saturated heterocycles. The molecule has 1 amide bonds. The van der Waals surface area contributed by atoms with Crippen LogP contribution < -0.4 is 4.74 Å². The van der Waals surface area contributed by atoms with E-state index in [1.807, 2.05) is 38.1 Å². The number of aromatic nitrogens is 2. The van der Waals surface area contributed by atoms with E-state index in [0.717, 1.165) is 11.1 Å². The molecular formula is C22H21N3O3. The summed E-state index contributed by atoms with van der Waals surface area (Å²) in [5.41, 5.74) is 2.55. The number of rotatable bonds is 7. The van der Waals surface area contributed by atoms with Gasteiger partial charge < -0.3 is 14.2 Å². The van der Waals surface area contributed by atoms with Gasteiger partial charge in [0, 0.05) is 17.7 Å². The smallest absolute Gasteiger partial charge is 0.254 e. The van der Waals surface area contributed by atoms with Gasteiger partial charge in [-0.3, -0.25) is 4.79 Å². The fraction of sp³-hybridized carbons (Fsp3) is 0.227. The molecule has 0 bridgehead atoms. The van der Waals surface area contributed by atoms with E-state index in [1.54, 1.807) is 29.2 Å². The highest BCUT2D eigenvalue weighted by Crippen LogP contribution is 2.19. The lowest BCUT2D eigenvalue weighted by molar-refractivity contribution is 0.0734. The summed E-state index contributed by atoms with van der Waals surface area (Å²) in [6.07, 6.45) is 5.18. The molecule has 1 aromatic heterocycles. The van der Waals surface area contributed by atoms with Gasteiger partial charge in [-0.05, 0) is 44.2 Å². The summed E-state index contributed by atoms with van der Waals surface area (Å²) >= 11 is 0. The van der Waals surface area contributed by atoms with Crippen molar-refractivity contribution in [2.75, 3.05) is 13.2 Å². The van der Waals surface area contributed by atoms with Crippen LogP contribution in [0.5, 0.6) is 5.75 Å². The first kappa shape index (κ1) is 19.2. The molecule has 6 heteroatoms. The number of terminal acetylenes is 1. The van der Waals surface area contributed by atoms with Crippen LogP contribution in [-0.4, -0.2) is 34.1 Å². The minimum atomic E-state index is -0.124. The predicted octanol–water partition coefficient (Wildman–Crippen LogP) is 3.72. The number of ether oxygens (including phenoxy) is 1. The van der Waals surface area contributed by atoms with Crippen LogP contribution in [0.25, 0.3) is 11.4 Å². The second kappa shape index (κ2) is 8.87. The molecular weight excluding hydrogens is 354 g/mol. The third-order valence-electron chi connectivity index (χ3n) is 4.16. The quantitative estimate of drug-likeness (QED) is 0.589. The van der Waals surface area contributed by atoms with Crippen LogP contribution in [0.1, 0.15) is 28.7 Å². The van der Waals surface area contributed by atoms with Gasteiger partial charge in [-0.15, -0.1) is 6.42 Å². The van der Waals surface area contributed by atoms with Crippen LogP contribution in [-0.2, 0) is 6.54 Å². The van der Waals surface area contributed by atoms with Gasteiger partial charge in [0.1, 0.15) is 18.9 Å². The highest BCUT2D eigenvalue weighted by Gasteiger charge is 2.18. The zero-order chi connectivity index (χ0) is 19.9. The fourth-order valence-corrected chi connectivity index (χ4v) is 2.71. The van der Waals surface area contributed by atoms with Gasteiger partial charge >= 0.3 is 0 Å². The van der Waals surface area contributed by atoms with E-state index in [9.17, 15) is 4.79 Å². The lowest BCUT2D eigenvalue weighted by Crippen LogP contribution is -2.30. The molecule has 0 atom stereocenters. The lowest BCUT2D eigenvalue weighted by Gasteiger charge is -2.18. The van der Waals surface area contributed by atoms with Crippen LogP contribution in [0.4, 0.5) is 0 Å². The number of carbonyl (C=O) groups excluding carboxylic acids is 1. The number of nitrogens with zero attached hydrogens (tertiary/aromatic N) is 3. The molecule has 0 aliphatic carbocycles. The van der Waals surface area contributed by atoms with Gasteiger partial charge in [-0.2, -0.15) is 4.98 Å². The monoisotopic (exact) mass is 375 g/mol. The normalized spacial score (nSPS) is 10.3. The van der Waals surface area contributed by atoms with Gasteiger partial charge in [0.25, 0.3) is 5.91 Å². The first-order valence-electron chi connectivity index (χ1n) is 8.96. The van der Waals surface area contributed by atoms with Crippen LogP contribution in [0, 0.1) is 19.3 Å². The Morgan fingerprint density at radius 2 is 2.04 bits per heavy atom. The Balaban J connectivity index is 1.70. The summed E-state index contributed by atoms with van der Waals surface area (Å²) in [7, 11) is 0. The fourth-order valence-electron chi connectivity index (χ4n) is 2.71. The zero-order valence-corrected chi connectivity index (χ0v) is 15.9. The zero-order valence-electron chi connectivity index (χ0n) is 15.9. The van der Waals surface area contributed by atoms with Crippen molar-refractivity contribution in [3.63, 3.8) is 0 Å². The van der Waals surface area contributed by atoms with Crippen LogP contribution in [0.15, 0.2) is 53.1 Å². The van der Waals surface area contributed by atoms with Gasteiger partial charge in [0.15, 0.2) is 0 Å². The van der Waals surface area contributed by atoms with Crippen molar-refractivity contribution in [3.8, 4) is 29.5 Å². The maximum Gasteiger partial charge on any atom is 0.254 e. The maximum atomic E-state index is 12.8. The summed E-state index contributed by atoms with van der Waals surface area (Å²) in [5.74, 6) is 3.80. The first-order chi connectivity index (χ1) is 13.6. The van der Waals surface area contributed by atoms with Crippen LogP contribution in [0.2, 0.25) is 0 Å². The summed E-state index contributed by atoms with van der Waals surface area (Å²) in [4.78, 5) is 18.9. The number of aryl methyl sites for hydroxylation is 1. The molecule has 0 radical (unpaired) electrons. The largest absolute Gasteiger partial charge is 0.481 e. The second-order valence-corrected chi connectivity index (χ2v) is 6.22. The van der Waals surface area contributed by atoms with E-state index in [4.69, 9.17) is 15.7 Å². The summed E-state index contributed by atoms with van der Waals surface area (Å²) in [6.45, 7) is 4.85. The average Bonchev–Trinajstić information content (AvgIpc) is 3.19. The van der Waals surface area contributed by atoms with E-state index in [0.29, 0.717) is 29.6 Å². The molecule has 0 N–H and O–H groups in total. The number of benzene rings is 2. The summed E-state index contributed by atoms with van der Waals surface area (Å²) < 4.78 is 10.7. The molecule has 0 aliphatic rings. The van der Waals surface area contributed by atoms with E-state index in [-0.39, 0.29) is 19.1 Å². The Morgan fingerprint density at radius 3 is 2.71 bits per heavy atom. The number of amides is 1. The van der Waals surface area contributed by atoms with E-state index >= 15 is 0 Å². The van der Waals surface area contributed by atoms with E-state index in [2.05, 4.69) is 16.1 Å². The molecule has 28 heavy (non-hydrogen) atoms. The second-order valence-electron chi connectivity index (χ2n) is 6.22. The minimum Gasteiger partial charge on any atom is -0.481 e. The van der Waals surface area contributed by atoms with Crippen molar-refractivity contribution < 1.29 is 14.1 Å². The predicted molar refractivity (Wildman–Crippen MR) is 106 cm³/mol. The molecule has 3 aromatic rings. The Labute approximate surface area is 164 Å². The molecule has 142 valence electrons. The highest BCUT2D eigenvalue weighted by molar-refractivity contribution is 5.94. The molecule has 0 aliphatic heterocycles. The van der Waals surface area contributed by atoms with Crippen molar-refractivity contribution in [2.24, 2.45) is 0 Å². The van der Waals surface area contributed by atoms with Crippen LogP contribution in [0.3, 0.4) is 0 Å². The third-order valence-corrected chi connectivity index (χ3v) is 4.16. The number of carbonyl (C=O) groups is 1. The Kier molecular flexibility index (Phi) is 6.07. The molecule has 0 fully saturated rings. The van der Waals surface area contributed by atoms with Crippen molar-refractivity contribution in [3.05, 3.63) is 65.5 Å². The number of hydrogen-bond acceptors (Lipinski definition) is 5. The minimum absolute atomic E-state index is 0.124. The third kappa shape index (κ3) is 4.57. The van der Waals surface area contributed by atoms with Crippen molar-refractivity contribution in [1.29, 1.82) is 0 Å². The van der Waals surface area contributed by atoms with E-state index in [1.165, 1.54) is 0 Å². The molecule has 0 saturated carbocycles. The molecule has 0 spiro atoms. The van der Waals surface area contributed by atoms with Gasteiger partial charge in [0.2, 0.25) is 11.7 Å². The highest BCUT2D eigenvalue weighted by atomic mass is 16.5. The summed E-state index contributed by atoms with van der Waals surface area (Å²) in [5, 5.41) is 4.03. The first-order valence-corrected chi connectivity index (χ1v) is 8.96. The van der Waals surface area contributed by atoms with Gasteiger partial charge in [-0.1, -0.05) is 34.8 Å². The van der Waals surface area contributed by atoms with E-state index < -0.39 is 0 Å². The van der Waals surface area contributed by atoms with Crippen molar-refractivity contribution >= 4 is 5.91 Å². The SMILES string of the molecule is C#CCOc1ccc(C(=O)N(CC)Cc2nc(-c3cccc(C)c3)no2)cc1. The maximum absolute atomic E-state index is 12.8. The molecule has 6 nitrogen and oxygen atoms in total. The Morgan fingerprint density at radius 1 is 1.25 bits per heavy atom. The van der Waals surface area contributed by atoms with Crippen molar-refractivity contribution in [2.45, 2.75) is 20.4 Å². The average molecular weight is 375 g/mol. The summed E-state index contributed by atoms with van der Waals surface area (Å²) in [6, 6.07) is 14.7. The molecule has 2 aromatic carbocycles. The Hall–Kier alpha value is -3.59. The topological polar surface area (TPSA) is 68.5 Å². The lowest BCUT2D eigenvalue weighted by atomic mass is 10.1. The van der Waals surface area contributed by atoms with Gasteiger partial charge in [0.05, 0.1) is 0 Å². The van der Waals surface area contributed by atoms with Crippen molar-refractivity contribution in [1.82, 2.24) is 15.0 Å². The molecule has 1 heterocycles. The standard InChI is InChI=1S/C22H21N3O3/c1-4-13-27-19-11-9-17(10-12-19)22(26)25(5-2)15-20-23-21(24-28-20)18-8-6-7-16(3)14-18/h1,6-12,14H,5,13,15H2,2-3H3. The van der Waals surface area contributed by atoms with Gasteiger partial charge in [-0.25, -0.2) is 0 Å². The number of hydrogen-bond donors (Lipinski definition) is 0. The molecule has 3 rings (SSSR count).